The molecule has 3 rings (SSSR count). The Morgan fingerprint density at radius 3 is 2.65 bits per heavy atom. The molecule has 4 unspecified atom stereocenters. The molecule has 3 aliphatic rings. The number of rotatable bonds is 2. The second-order valence-electron chi connectivity index (χ2n) is 6.11. The lowest BCUT2D eigenvalue weighted by Gasteiger charge is -2.35. The zero-order valence-corrected chi connectivity index (χ0v) is 10.6. The van der Waals surface area contributed by atoms with Gasteiger partial charge >= 0.3 is 0 Å². The summed E-state index contributed by atoms with van der Waals surface area (Å²) in [5.74, 6) is 0.452. The summed E-state index contributed by atoms with van der Waals surface area (Å²) in [4.78, 5) is 11.0. The zero-order chi connectivity index (χ0) is 11.9. The van der Waals surface area contributed by atoms with E-state index in [4.69, 9.17) is 9.47 Å². The van der Waals surface area contributed by atoms with Crippen molar-refractivity contribution < 1.29 is 14.3 Å². The molecule has 4 atom stereocenters. The van der Waals surface area contributed by atoms with Gasteiger partial charge in [-0.15, -0.1) is 0 Å². The fourth-order valence-electron chi connectivity index (χ4n) is 4.42. The van der Waals surface area contributed by atoms with Gasteiger partial charge in [0.25, 0.3) is 0 Å². The smallest absolute Gasteiger partial charge is 0.151 e. The van der Waals surface area contributed by atoms with Gasteiger partial charge < -0.3 is 14.3 Å². The molecule has 1 spiro atoms. The highest BCUT2D eigenvalue weighted by atomic mass is 16.6. The number of ether oxygens (including phenoxy) is 2. The lowest BCUT2D eigenvalue weighted by Crippen LogP contribution is -2.32. The summed E-state index contributed by atoms with van der Waals surface area (Å²) in [6.07, 6.45) is 10.1. The Hall–Kier alpha value is -0.410. The van der Waals surface area contributed by atoms with Crippen LogP contribution < -0.4 is 0 Å². The van der Waals surface area contributed by atoms with Gasteiger partial charge in [0.15, 0.2) is 6.29 Å². The van der Waals surface area contributed by atoms with E-state index in [1.165, 1.54) is 38.5 Å². The first kappa shape index (κ1) is 11.7. The highest BCUT2D eigenvalue weighted by Gasteiger charge is 2.55. The van der Waals surface area contributed by atoms with E-state index in [2.05, 4.69) is 0 Å². The van der Waals surface area contributed by atoms with E-state index in [0.717, 1.165) is 12.7 Å². The minimum absolute atomic E-state index is 0.00111. The third kappa shape index (κ3) is 1.84. The Morgan fingerprint density at radius 1 is 1.24 bits per heavy atom. The van der Waals surface area contributed by atoms with Crippen molar-refractivity contribution in [3.63, 3.8) is 0 Å². The van der Waals surface area contributed by atoms with E-state index in [1.54, 1.807) is 7.11 Å². The van der Waals surface area contributed by atoms with Gasteiger partial charge in [-0.25, -0.2) is 0 Å². The van der Waals surface area contributed by atoms with Crippen LogP contribution >= 0.6 is 0 Å². The molecule has 3 fully saturated rings. The Bertz CT molecular complexity index is 296. The largest absolute Gasteiger partial charge is 0.378 e. The van der Waals surface area contributed by atoms with Crippen LogP contribution in [-0.4, -0.2) is 31.7 Å². The van der Waals surface area contributed by atoms with Crippen LogP contribution in [-0.2, 0) is 14.3 Å². The van der Waals surface area contributed by atoms with Crippen molar-refractivity contribution >= 4 is 6.29 Å². The van der Waals surface area contributed by atoms with E-state index in [9.17, 15) is 4.79 Å². The van der Waals surface area contributed by atoms with Gasteiger partial charge in [-0.2, -0.15) is 0 Å². The molecule has 1 heterocycles. The Kier molecular flexibility index (Phi) is 2.99. The minimum Gasteiger partial charge on any atom is -0.378 e. The van der Waals surface area contributed by atoms with Crippen molar-refractivity contribution in [2.75, 3.05) is 7.11 Å². The summed E-state index contributed by atoms with van der Waals surface area (Å²) >= 11 is 0. The molecule has 0 aromatic rings. The molecule has 0 N–H and O–H groups in total. The maximum Gasteiger partial charge on any atom is 0.151 e. The third-order valence-electron chi connectivity index (χ3n) is 5.18. The van der Waals surface area contributed by atoms with E-state index >= 15 is 0 Å². The average molecular weight is 238 g/mol. The lowest BCUT2D eigenvalue weighted by atomic mass is 9.72. The second kappa shape index (κ2) is 4.36. The fraction of sp³-hybridized carbons (Fsp3) is 0.929. The van der Waals surface area contributed by atoms with Crippen LogP contribution in [0.2, 0.25) is 0 Å². The van der Waals surface area contributed by atoms with Crippen LogP contribution in [0.1, 0.15) is 44.9 Å². The van der Waals surface area contributed by atoms with Crippen LogP contribution in [0.3, 0.4) is 0 Å². The molecular weight excluding hydrogens is 216 g/mol. The first-order chi connectivity index (χ1) is 8.28. The van der Waals surface area contributed by atoms with Crippen molar-refractivity contribution in [1.29, 1.82) is 0 Å². The van der Waals surface area contributed by atoms with E-state index in [0.29, 0.717) is 11.3 Å². The van der Waals surface area contributed by atoms with Gasteiger partial charge in [0.05, 0.1) is 12.2 Å². The molecule has 1 aliphatic heterocycles. The molecule has 3 nitrogen and oxygen atoms in total. The van der Waals surface area contributed by atoms with Crippen LogP contribution in [0.25, 0.3) is 0 Å². The maximum atomic E-state index is 11.0. The Labute approximate surface area is 103 Å². The molecule has 17 heavy (non-hydrogen) atoms. The topological polar surface area (TPSA) is 35.5 Å². The summed E-state index contributed by atoms with van der Waals surface area (Å²) in [5.41, 5.74) is 0.512. The number of fused-ring (bicyclic) bond motifs is 1. The molecule has 2 aliphatic carbocycles. The molecule has 0 amide bonds. The van der Waals surface area contributed by atoms with E-state index < -0.39 is 0 Å². The van der Waals surface area contributed by atoms with Crippen molar-refractivity contribution in [3.8, 4) is 0 Å². The number of methoxy groups -OCH3 is 1. The minimum atomic E-state index is -0.323. The summed E-state index contributed by atoms with van der Waals surface area (Å²) < 4.78 is 11.4. The van der Waals surface area contributed by atoms with Crippen LogP contribution in [0, 0.1) is 11.3 Å². The van der Waals surface area contributed by atoms with Crippen LogP contribution in [0.5, 0.6) is 0 Å². The molecule has 0 aromatic carbocycles. The summed E-state index contributed by atoms with van der Waals surface area (Å²) in [5, 5.41) is 0. The monoisotopic (exact) mass is 238 g/mol. The Morgan fingerprint density at radius 2 is 2.00 bits per heavy atom. The number of hydrogen-bond acceptors (Lipinski definition) is 3. The average Bonchev–Trinajstić information content (AvgIpc) is 2.83. The van der Waals surface area contributed by atoms with Gasteiger partial charge in [0.2, 0.25) is 0 Å². The lowest BCUT2D eigenvalue weighted by molar-refractivity contribution is -0.122. The molecule has 2 saturated carbocycles. The molecular formula is C14H22O3. The highest BCUT2D eigenvalue weighted by Crippen LogP contribution is 2.55. The molecule has 0 bridgehead atoms. The van der Waals surface area contributed by atoms with Crippen molar-refractivity contribution in [1.82, 2.24) is 0 Å². The number of carbonyl (C=O) groups excluding carboxylic acids is 1. The van der Waals surface area contributed by atoms with Gasteiger partial charge in [-0.1, -0.05) is 19.3 Å². The van der Waals surface area contributed by atoms with E-state index in [1.807, 2.05) is 0 Å². The van der Waals surface area contributed by atoms with Crippen molar-refractivity contribution in [2.45, 2.75) is 63.3 Å². The van der Waals surface area contributed by atoms with Gasteiger partial charge in [-0.3, -0.25) is 0 Å². The quantitative estimate of drug-likeness (QED) is 0.693. The second-order valence-corrected chi connectivity index (χ2v) is 6.11. The number of carbonyl (C=O) groups is 1. The molecule has 3 heteroatoms. The molecule has 0 radical (unpaired) electrons. The summed E-state index contributed by atoms with van der Waals surface area (Å²) in [6.45, 7) is 0. The number of hydrogen-bond donors (Lipinski definition) is 0. The highest BCUT2D eigenvalue weighted by molar-refractivity contribution is 5.58. The molecule has 96 valence electrons. The van der Waals surface area contributed by atoms with Crippen molar-refractivity contribution in [3.05, 3.63) is 0 Å². The van der Waals surface area contributed by atoms with Gasteiger partial charge in [0.1, 0.15) is 6.10 Å². The van der Waals surface area contributed by atoms with Crippen LogP contribution in [0.4, 0.5) is 0 Å². The zero-order valence-electron chi connectivity index (χ0n) is 10.6. The van der Waals surface area contributed by atoms with Crippen molar-refractivity contribution in [2.24, 2.45) is 11.3 Å². The molecule has 0 aromatic heterocycles. The first-order valence-corrected chi connectivity index (χ1v) is 6.92. The normalized spacial score (nSPS) is 43.8. The SMILES string of the molecule is COC1C(C=O)OC2CC3(CCCCC3)CC21. The predicted octanol–water partition coefficient (Wildman–Crippen LogP) is 2.33. The maximum absolute atomic E-state index is 11.0. The summed E-state index contributed by atoms with van der Waals surface area (Å²) in [6, 6.07) is 0. The standard InChI is InChI=1S/C14H22O3/c1-16-13-10-7-14(5-3-2-4-6-14)8-11(10)17-12(13)9-15/h9-13H,2-8H2,1H3. The summed E-state index contributed by atoms with van der Waals surface area (Å²) in [7, 11) is 1.71. The number of aldehydes is 1. The Balaban J connectivity index is 1.74. The first-order valence-electron chi connectivity index (χ1n) is 6.92. The van der Waals surface area contributed by atoms with Gasteiger partial charge in [0, 0.05) is 13.0 Å². The van der Waals surface area contributed by atoms with Gasteiger partial charge in [-0.05, 0) is 31.1 Å². The molecule has 1 saturated heterocycles. The third-order valence-corrected chi connectivity index (χ3v) is 5.18. The van der Waals surface area contributed by atoms with E-state index in [-0.39, 0.29) is 18.3 Å². The van der Waals surface area contributed by atoms with Crippen LogP contribution in [0.15, 0.2) is 0 Å². The predicted molar refractivity (Wildman–Crippen MR) is 63.8 cm³/mol. The fourth-order valence-corrected chi connectivity index (χ4v) is 4.42.